The highest BCUT2D eigenvalue weighted by atomic mass is 16.6. The summed E-state index contributed by atoms with van der Waals surface area (Å²) in [7, 11) is 0. The minimum absolute atomic E-state index is 0.132. The van der Waals surface area contributed by atoms with E-state index in [0.29, 0.717) is 0 Å². The van der Waals surface area contributed by atoms with Crippen molar-refractivity contribution in [1.82, 2.24) is 0 Å². The van der Waals surface area contributed by atoms with E-state index in [-0.39, 0.29) is 11.6 Å². The quantitative estimate of drug-likeness (QED) is 0.106. The number of rotatable bonds is 6. The fourth-order valence-corrected chi connectivity index (χ4v) is 2.61. The summed E-state index contributed by atoms with van der Waals surface area (Å²) in [4.78, 5) is 20.0. The lowest BCUT2D eigenvalue weighted by Gasteiger charge is -2.06. The highest BCUT2D eigenvalue weighted by Gasteiger charge is 2.03. The molecule has 33 heavy (non-hydrogen) atoms. The van der Waals surface area contributed by atoms with Crippen molar-refractivity contribution in [2.24, 2.45) is 5.92 Å². The molecule has 0 fully saturated rings. The van der Waals surface area contributed by atoms with Crippen LogP contribution in [0.1, 0.15) is 31.4 Å². The molecule has 0 spiro atoms. The maximum absolute atomic E-state index is 10.3. The van der Waals surface area contributed by atoms with Gasteiger partial charge in [0.05, 0.1) is 4.92 Å². The number of nitro benzene ring substituents is 1. The number of nitrogens with zero attached hydrogens (tertiary/aromatic N) is 1. The third-order valence-corrected chi connectivity index (χ3v) is 4.41. The van der Waals surface area contributed by atoms with Gasteiger partial charge in [-0.2, -0.15) is 0 Å². The lowest BCUT2D eigenvalue weighted by Crippen LogP contribution is -1.95. The molecule has 0 saturated carbocycles. The number of nitro groups is 1. The highest BCUT2D eigenvalue weighted by Crippen LogP contribution is 2.18. The number of nitrogen functional groups attached to an aromatic ring is 1. The molecule has 1 aliphatic rings. The molecule has 0 aliphatic heterocycles. The maximum Gasteiger partial charge on any atom is 0.269 e. The Balaban J connectivity index is 0.000000380. The summed E-state index contributed by atoms with van der Waals surface area (Å²) in [5.41, 5.74) is 10.5. The first kappa shape index (κ1) is 26.9. The standard InChI is InChI=1S/C19H17NO.C7H7NO2.C2H6/c1-15(18-10-12-19(20)13-11-18)4-5-17-8-6-16(7-9-17)3-2-14-21;1-6-2-4-7(5-3-6)8(9)10;1-2/h2-5,8,10-14,16H,1,6,20H2;2-5H,1H3;1-2H3/b3-2+,5-4+;;. The van der Waals surface area contributed by atoms with E-state index in [9.17, 15) is 14.9 Å². The third-order valence-electron chi connectivity index (χ3n) is 4.41. The second-order valence-electron chi connectivity index (χ2n) is 6.87. The van der Waals surface area contributed by atoms with Crippen molar-refractivity contribution in [3.8, 4) is 11.8 Å². The van der Waals surface area contributed by atoms with Gasteiger partial charge in [-0.1, -0.05) is 80.3 Å². The Morgan fingerprint density at radius 1 is 1.15 bits per heavy atom. The number of hydrogen-bond donors (Lipinski definition) is 1. The first-order valence-electron chi connectivity index (χ1n) is 10.7. The van der Waals surface area contributed by atoms with Crippen LogP contribution in [0.5, 0.6) is 0 Å². The lowest BCUT2D eigenvalue weighted by atomic mass is 9.98. The summed E-state index contributed by atoms with van der Waals surface area (Å²) in [5.74, 6) is 6.34. The zero-order valence-electron chi connectivity index (χ0n) is 19.3. The molecule has 3 rings (SSSR count). The zero-order chi connectivity index (χ0) is 24.6. The van der Waals surface area contributed by atoms with E-state index in [1.165, 1.54) is 18.2 Å². The molecule has 0 heterocycles. The summed E-state index contributed by atoms with van der Waals surface area (Å²) in [6.45, 7) is 9.93. The van der Waals surface area contributed by atoms with Crippen molar-refractivity contribution in [3.63, 3.8) is 0 Å². The number of carbonyl (C=O) groups excluding carboxylic acids is 1. The predicted octanol–water partition coefficient (Wildman–Crippen LogP) is 6.47. The molecule has 0 radical (unpaired) electrons. The second-order valence-corrected chi connectivity index (χ2v) is 6.87. The number of anilines is 1. The van der Waals surface area contributed by atoms with Crippen LogP contribution >= 0.6 is 0 Å². The van der Waals surface area contributed by atoms with E-state index >= 15 is 0 Å². The van der Waals surface area contributed by atoms with E-state index in [4.69, 9.17) is 5.73 Å². The van der Waals surface area contributed by atoms with Gasteiger partial charge in [-0.3, -0.25) is 14.9 Å². The number of aldehydes is 1. The Morgan fingerprint density at radius 3 is 2.30 bits per heavy atom. The monoisotopic (exact) mass is 442 g/mol. The number of benzene rings is 2. The van der Waals surface area contributed by atoms with Crippen LogP contribution in [0.25, 0.3) is 5.57 Å². The molecule has 1 unspecified atom stereocenters. The molecule has 5 nitrogen and oxygen atoms in total. The van der Waals surface area contributed by atoms with Gasteiger partial charge in [0.25, 0.3) is 5.69 Å². The molecule has 2 aromatic carbocycles. The topological polar surface area (TPSA) is 86.2 Å². The van der Waals surface area contributed by atoms with E-state index in [1.807, 2.05) is 63.3 Å². The molecule has 0 saturated heterocycles. The van der Waals surface area contributed by atoms with Crippen LogP contribution in [-0.4, -0.2) is 11.2 Å². The molecular formula is C28H30N2O3. The zero-order valence-corrected chi connectivity index (χ0v) is 19.3. The van der Waals surface area contributed by atoms with E-state index in [2.05, 4.69) is 24.5 Å². The number of non-ortho nitro benzene ring substituents is 1. The average Bonchev–Trinajstić information content (AvgIpc) is 2.84. The van der Waals surface area contributed by atoms with Gasteiger partial charge in [0, 0.05) is 29.3 Å². The first-order valence-corrected chi connectivity index (χ1v) is 10.7. The lowest BCUT2D eigenvalue weighted by molar-refractivity contribution is -0.384. The summed E-state index contributed by atoms with van der Waals surface area (Å²) in [6.07, 6.45) is 10.9. The minimum Gasteiger partial charge on any atom is -0.399 e. The largest absolute Gasteiger partial charge is 0.399 e. The fourth-order valence-electron chi connectivity index (χ4n) is 2.61. The number of allylic oxidation sites excluding steroid dienone is 7. The van der Waals surface area contributed by atoms with E-state index in [0.717, 1.165) is 40.7 Å². The van der Waals surface area contributed by atoms with Gasteiger partial charge < -0.3 is 5.73 Å². The van der Waals surface area contributed by atoms with Crippen molar-refractivity contribution in [2.45, 2.75) is 27.2 Å². The molecule has 1 aliphatic carbocycles. The van der Waals surface area contributed by atoms with Crippen LogP contribution < -0.4 is 5.73 Å². The van der Waals surface area contributed by atoms with Gasteiger partial charge in [-0.25, -0.2) is 0 Å². The van der Waals surface area contributed by atoms with Crippen LogP contribution in [0.15, 0.2) is 91.1 Å². The molecular weight excluding hydrogens is 412 g/mol. The van der Waals surface area contributed by atoms with Gasteiger partial charge in [0.15, 0.2) is 0 Å². The molecule has 0 bridgehead atoms. The van der Waals surface area contributed by atoms with Gasteiger partial charge in [-0.05, 0) is 48.8 Å². The van der Waals surface area contributed by atoms with Crippen molar-refractivity contribution < 1.29 is 9.72 Å². The van der Waals surface area contributed by atoms with Gasteiger partial charge in [-0.15, -0.1) is 0 Å². The predicted molar refractivity (Wildman–Crippen MR) is 137 cm³/mol. The number of carbonyl (C=O) groups is 1. The van der Waals surface area contributed by atoms with Crippen molar-refractivity contribution >= 4 is 23.2 Å². The molecule has 0 aromatic heterocycles. The SMILES string of the molecule is C=C(/C=C/C1=CCC(/C=C/C=O)C#C1)c1ccc(N)cc1.CC.Cc1ccc([N+](=O)[O-])cc1. The Hall–Kier alpha value is -4.17. The van der Waals surface area contributed by atoms with E-state index in [1.54, 1.807) is 12.1 Å². The van der Waals surface area contributed by atoms with Crippen LogP contribution in [-0.2, 0) is 4.79 Å². The minimum atomic E-state index is -0.403. The van der Waals surface area contributed by atoms with Crippen molar-refractivity contribution in [3.05, 3.63) is 112 Å². The Morgan fingerprint density at radius 2 is 1.79 bits per heavy atom. The smallest absolute Gasteiger partial charge is 0.269 e. The second kappa shape index (κ2) is 14.8. The molecule has 1 atom stereocenters. The van der Waals surface area contributed by atoms with Crippen LogP contribution in [0, 0.1) is 34.8 Å². The summed E-state index contributed by atoms with van der Waals surface area (Å²) >= 11 is 0. The fraction of sp³-hybridized carbons (Fsp3) is 0.179. The van der Waals surface area contributed by atoms with Crippen LogP contribution in [0.2, 0.25) is 0 Å². The Bertz CT molecular complexity index is 1080. The average molecular weight is 443 g/mol. The molecule has 2 N–H and O–H groups in total. The van der Waals surface area contributed by atoms with Crippen molar-refractivity contribution in [1.29, 1.82) is 0 Å². The Kier molecular flexibility index (Phi) is 12.0. The van der Waals surface area contributed by atoms with E-state index < -0.39 is 4.92 Å². The molecule has 170 valence electrons. The molecule has 5 heteroatoms. The summed E-state index contributed by atoms with van der Waals surface area (Å²) in [6, 6.07) is 14.0. The van der Waals surface area contributed by atoms with Crippen LogP contribution in [0.3, 0.4) is 0 Å². The normalized spacial score (nSPS) is 14.0. The highest BCUT2D eigenvalue weighted by molar-refractivity contribution is 5.73. The van der Waals surface area contributed by atoms with Gasteiger partial charge in [0.2, 0.25) is 0 Å². The number of hydrogen-bond acceptors (Lipinski definition) is 4. The maximum atomic E-state index is 10.3. The number of aryl methyl sites for hydroxylation is 1. The van der Waals surface area contributed by atoms with Crippen molar-refractivity contribution in [2.75, 3.05) is 5.73 Å². The molecule has 0 amide bonds. The van der Waals surface area contributed by atoms with Crippen LogP contribution in [0.4, 0.5) is 11.4 Å². The first-order chi connectivity index (χ1) is 15.9. The number of nitrogens with two attached hydrogens (primary N) is 1. The summed E-state index contributed by atoms with van der Waals surface area (Å²) < 4.78 is 0. The Labute approximate surface area is 196 Å². The van der Waals surface area contributed by atoms with Gasteiger partial charge >= 0.3 is 0 Å². The third kappa shape index (κ3) is 10.1. The summed E-state index contributed by atoms with van der Waals surface area (Å²) in [5, 5.41) is 10.1. The van der Waals surface area contributed by atoms with Gasteiger partial charge in [0.1, 0.15) is 6.29 Å². The molecule has 2 aromatic rings.